The van der Waals surface area contributed by atoms with Crippen molar-refractivity contribution < 1.29 is 19.2 Å². The van der Waals surface area contributed by atoms with Crippen molar-refractivity contribution in [2.75, 3.05) is 12.4 Å². The van der Waals surface area contributed by atoms with Crippen LogP contribution in [0.25, 0.3) is 0 Å². The van der Waals surface area contributed by atoms with Gasteiger partial charge in [0.2, 0.25) is 0 Å². The molecule has 1 heterocycles. The highest BCUT2D eigenvalue weighted by atomic mass is 32.1. The molecule has 1 amide bonds. The lowest BCUT2D eigenvalue weighted by molar-refractivity contribution is -0.384. The number of hydrogen-bond donors (Lipinski definition) is 1. The fourth-order valence-electron chi connectivity index (χ4n) is 2.69. The first-order valence-electron chi connectivity index (χ1n) is 8.79. The number of aryl methyl sites for hydroxylation is 1. The quantitative estimate of drug-likeness (QED) is 0.430. The summed E-state index contributed by atoms with van der Waals surface area (Å²) in [5.41, 5.74) is 2.96. The van der Waals surface area contributed by atoms with Gasteiger partial charge in [-0.3, -0.25) is 14.9 Å². The van der Waals surface area contributed by atoms with E-state index in [-0.39, 0.29) is 11.4 Å². The maximum atomic E-state index is 12.5. The van der Waals surface area contributed by atoms with Gasteiger partial charge in [0.05, 0.1) is 23.0 Å². The molecule has 2 aromatic carbocycles. The van der Waals surface area contributed by atoms with E-state index >= 15 is 0 Å². The van der Waals surface area contributed by atoms with Gasteiger partial charge in [0.1, 0.15) is 23.8 Å². The van der Waals surface area contributed by atoms with Gasteiger partial charge < -0.3 is 14.8 Å². The Bertz CT molecular complexity index is 1060. The Labute approximate surface area is 172 Å². The number of amides is 1. The standard InChI is InChI=1S/C21H20N2O5S/c1-13-5-4-6-19(14(13)2)28-11-15-9-20(29-12-15)21(24)22-17-8-7-16(27-3)10-18(17)23(25)26/h4-10,12H,11H2,1-3H3,(H,22,24). The average Bonchev–Trinajstić information content (AvgIpc) is 3.18. The van der Waals surface area contributed by atoms with Gasteiger partial charge in [-0.1, -0.05) is 12.1 Å². The number of anilines is 1. The lowest BCUT2D eigenvalue weighted by Crippen LogP contribution is -2.11. The second-order valence-electron chi connectivity index (χ2n) is 6.40. The van der Waals surface area contributed by atoms with E-state index in [2.05, 4.69) is 5.32 Å². The molecule has 0 saturated carbocycles. The number of carbonyl (C=O) groups excluding carboxylic acids is 1. The Morgan fingerprint density at radius 2 is 2.00 bits per heavy atom. The lowest BCUT2D eigenvalue weighted by Gasteiger charge is -2.09. The smallest absolute Gasteiger partial charge is 0.296 e. The van der Waals surface area contributed by atoms with Crippen molar-refractivity contribution in [1.82, 2.24) is 0 Å². The number of nitrogens with zero attached hydrogens (tertiary/aromatic N) is 1. The molecule has 3 aromatic rings. The number of nitro benzene ring substituents is 1. The van der Waals surface area contributed by atoms with E-state index in [4.69, 9.17) is 9.47 Å². The number of benzene rings is 2. The number of hydrogen-bond acceptors (Lipinski definition) is 6. The van der Waals surface area contributed by atoms with Crippen LogP contribution in [0.1, 0.15) is 26.4 Å². The lowest BCUT2D eigenvalue weighted by atomic mass is 10.1. The van der Waals surface area contributed by atoms with Crippen molar-refractivity contribution in [3.8, 4) is 11.5 Å². The molecule has 0 radical (unpaired) electrons. The van der Waals surface area contributed by atoms with Gasteiger partial charge in [0.15, 0.2) is 0 Å². The van der Waals surface area contributed by atoms with Crippen molar-refractivity contribution in [2.24, 2.45) is 0 Å². The molecule has 0 aliphatic rings. The molecule has 0 bridgehead atoms. The van der Waals surface area contributed by atoms with Crippen LogP contribution in [-0.2, 0) is 6.61 Å². The van der Waals surface area contributed by atoms with E-state index in [9.17, 15) is 14.9 Å². The second kappa shape index (κ2) is 8.74. The van der Waals surface area contributed by atoms with Crippen molar-refractivity contribution in [3.05, 3.63) is 79.5 Å². The number of nitro groups is 1. The van der Waals surface area contributed by atoms with Gasteiger partial charge in [-0.2, -0.15) is 0 Å². The van der Waals surface area contributed by atoms with E-state index < -0.39 is 10.8 Å². The summed E-state index contributed by atoms with van der Waals surface area (Å²) in [5, 5.41) is 15.7. The minimum Gasteiger partial charge on any atom is -0.496 e. The molecule has 0 aliphatic carbocycles. The molecule has 3 rings (SSSR count). The number of carbonyl (C=O) groups is 1. The highest BCUT2D eigenvalue weighted by Gasteiger charge is 2.19. The molecule has 0 fully saturated rings. The number of methoxy groups -OCH3 is 1. The fourth-order valence-corrected chi connectivity index (χ4v) is 3.48. The van der Waals surface area contributed by atoms with Crippen molar-refractivity contribution in [1.29, 1.82) is 0 Å². The van der Waals surface area contributed by atoms with Crippen LogP contribution in [-0.4, -0.2) is 17.9 Å². The van der Waals surface area contributed by atoms with Crippen LogP contribution in [0.5, 0.6) is 11.5 Å². The zero-order valence-electron chi connectivity index (χ0n) is 16.2. The highest BCUT2D eigenvalue weighted by Crippen LogP contribution is 2.30. The molecule has 8 heteroatoms. The summed E-state index contributed by atoms with van der Waals surface area (Å²) in [7, 11) is 1.42. The Balaban J connectivity index is 1.70. The van der Waals surface area contributed by atoms with Gasteiger partial charge in [-0.05, 0) is 54.6 Å². The number of nitrogens with one attached hydrogen (secondary N) is 1. The number of thiophene rings is 1. The molecular weight excluding hydrogens is 392 g/mol. The molecule has 150 valence electrons. The molecule has 29 heavy (non-hydrogen) atoms. The molecule has 7 nitrogen and oxygen atoms in total. The molecule has 1 aromatic heterocycles. The molecule has 0 saturated heterocycles. The summed E-state index contributed by atoms with van der Waals surface area (Å²) >= 11 is 1.25. The Hall–Kier alpha value is -3.39. The Morgan fingerprint density at radius 3 is 2.72 bits per heavy atom. The largest absolute Gasteiger partial charge is 0.496 e. The van der Waals surface area contributed by atoms with Gasteiger partial charge in [-0.15, -0.1) is 11.3 Å². The first kappa shape index (κ1) is 20.3. The third kappa shape index (κ3) is 4.72. The molecule has 0 aliphatic heterocycles. The first-order valence-corrected chi connectivity index (χ1v) is 9.67. The normalized spacial score (nSPS) is 10.4. The maximum absolute atomic E-state index is 12.5. The minimum atomic E-state index is -0.560. The average molecular weight is 412 g/mol. The summed E-state index contributed by atoms with van der Waals surface area (Å²) in [4.78, 5) is 23.7. The monoisotopic (exact) mass is 412 g/mol. The van der Waals surface area contributed by atoms with Gasteiger partial charge >= 0.3 is 0 Å². The number of rotatable bonds is 7. The van der Waals surface area contributed by atoms with E-state index in [1.807, 2.05) is 37.4 Å². The van der Waals surface area contributed by atoms with E-state index in [1.54, 1.807) is 12.1 Å². The molecular formula is C21H20N2O5S. The van der Waals surface area contributed by atoms with Crippen LogP contribution in [0.2, 0.25) is 0 Å². The minimum absolute atomic E-state index is 0.113. The van der Waals surface area contributed by atoms with Crippen molar-refractivity contribution >= 4 is 28.6 Å². The van der Waals surface area contributed by atoms with Gasteiger partial charge in [-0.25, -0.2) is 0 Å². The van der Waals surface area contributed by atoms with Gasteiger partial charge in [0.25, 0.3) is 11.6 Å². The zero-order valence-corrected chi connectivity index (χ0v) is 17.0. The predicted octanol–water partition coefficient (Wildman–Crippen LogP) is 5.11. The summed E-state index contributed by atoms with van der Waals surface area (Å²) < 4.78 is 10.9. The highest BCUT2D eigenvalue weighted by molar-refractivity contribution is 7.12. The summed E-state index contributed by atoms with van der Waals surface area (Å²) in [6.45, 7) is 4.35. The second-order valence-corrected chi connectivity index (χ2v) is 7.31. The van der Waals surface area contributed by atoms with E-state index in [0.29, 0.717) is 17.2 Å². The first-order chi connectivity index (χ1) is 13.9. The Morgan fingerprint density at radius 1 is 1.21 bits per heavy atom. The van der Waals surface area contributed by atoms with Crippen LogP contribution in [0, 0.1) is 24.0 Å². The summed E-state index contributed by atoms with van der Waals surface area (Å²) in [6.07, 6.45) is 0. The van der Waals surface area contributed by atoms with Crippen LogP contribution in [0.3, 0.4) is 0 Å². The van der Waals surface area contributed by atoms with Crippen LogP contribution >= 0.6 is 11.3 Å². The Kier molecular flexibility index (Phi) is 6.13. The summed E-state index contributed by atoms with van der Waals surface area (Å²) in [5.74, 6) is 0.731. The van der Waals surface area contributed by atoms with Crippen molar-refractivity contribution in [2.45, 2.75) is 20.5 Å². The maximum Gasteiger partial charge on any atom is 0.296 e. The SMILES string of the molecule is COc1ccc(NC(=O)c2cc(COc3cccc(C)c3C)cs2)c([N+](=O)[O-])c1. The van der Waals surface area contributed by atoms with Crippen molar-refractivity contribution in [3.63, 3.8) is 0 Å². The molecule has 1 N–H and O–H groups in total. The molecule has 0 unspecified atom stereocenters. The molecule has 0 spiro atoms. The third-order valence-electron chi connectivity index (χ3n) is 4.48. The molecule has 0 atom stereocenters. The van der Waals surface area contributed by atoms with Gasteiger partial charge in [0, 0.05) is 5.56 Å². The van der Waals surface area contributed by atoms with Crippen LogP contribution in [0.4, 0.5) is 11.4 Å². The summed E-state index contributed by atoms with van der Waals surface area (Å²) in [6, 6.07) is 11.9. The number of ether oxygens (including phenoxy) is 2. The zero-order chi connectivity index (χ0) is 21.0. The third-order valence-corrected chi connectivity index (χ3v) is 5.45. The van der Waals surface area contributed by atoms with E-state index in [1.165, 1.54) is 30.6 Å². The fraction of sp³-hybridized carbons (Fsp3) is 0.190. The van der Waals surface area contributed by atoms with Crippen LogP contribution < -0.4 is 14.8 Å². The van der Waals surface area contributed by atoms with E-state index in [0.717, 1.165) is 22.4 Å². The van der Waals surface area contributed by atoms with Crippen LogP contribution in [0.15, 0.2) is 47.8 Å². The topological polar surface area (TPSA) is 90.7 Å². The predicted molar refractivity (Wildman–Crippen MR) is 112 cm³/mol.